The van der Waals surface area contributed by atoms with Crippen molar-refractivity contribution in [1.29, 1.82) is 0 Å². The highest BCUT2D eigenvalue weighted by atomic mass is 16.5. The molecule has 0 amide bonds. The van der Waals surface area contributed by atoms with Crippen molar-refractivity contribution >= 4 is 0 Å². The lowest BCUT2D eigenvalue weighted by molar-refractivity contribution is -0.140. The van der Waals surface area contributed by atoms with Crippen LogP contribution in [0, 0.1) is 0 Å². The van der Waals surface area contributed by atoms with Crippen LogP contribution in [0.3, 0.4) is 0 Å². The number of benzene rings is 1. The summed E-state index contributed by atoms with van der Waals surface area (Å²) in [7, 11) is 0. The summed E-state index contributed by atoms with van der Waals surface area (Å²) in [4.78, 5) is 0. The van der Waals surface area contributed by atoms with Crippen LogP contribution in [0.1, 0.15) is 31.4 Å². The van der Waals surface area contributed by atoms with Crippen LogP contribution in [0.2, 0.25) is 0 Å². The molecular formula is C12H16O. The molecule has 0 saturated carbocycles. The topological polar surface area (TPSA) is 9.23 Å². The van der Waals surface area contributed by atoms with Crippen LogP contribution < -0.4 is 0 Å². The minimum absolute atomic E-state index is 0.00622. The van der Waals surface area contributed by atoms with Crippen LogP contribution in [0.25, 0.3) is 0 Å². The molecule has 1 heteroatoms. The molecule has 1 aromatic rings. The van der Waals surface area contributed by atoms with Crippen LogP contribution in [0.15, 0.2) is 24.3 Å². The maximum Gasteiger partial charge on any atom is 0.0925 e. The standard InChI is InChI=1S/C12H16O/c1-3-10-4-6-11(7-5-10)12(2)8-9-13-12/h4-7H,3,8-9H2,1-2H3. The molecule has 2 rings (SSSR count). The number of rotatable bonds is 2. The lowest BCUT2D eigenvalue weighted by Gasteiger charge is -2.39. The zero-order valence-electron chi connectivity index (χ0n) is 8.34. The summed E-state index contributed by atoms with van der Waals surface area (Å²) >= 11 is 0. The Morgan fingerprint density at radius 2 is 1.92 bits per heavy atom. The van der Waals surface area contributed by atoms with Crippen molar-refractivity contribution in [3.63, 3.8) is 0 Å². The molecule has 0 radical (unpaired) electrons. The van der Waals surface area contributed by atoms with Crippen LogP contribution in [-0.2, 0) is 16.8 Å². The van der Waals surface area contributed by atoms with Gasteiger partial charge in [0.1, 0.15) is 0 Å². The second-order valence-electron chi connectivity index (χ2n) is 3.88. The predicted molar refractivity (Wildman–Crippen MR) is 53.7 cm³/mol. The van der Waals surface area contributed by atoms with Gasteiger partial charge >= 0.3 is 0 Å². The van der Waals surface area contributed by atoms with Gasteiger partial charge < -0.3 is 4.74 Å². The molecule has 1 saturated heterocycles. The Morgan fingerprint density at radius 1 is 1.31 bits per heavy atom. The molecule has 1 heterocycles. The Bertz CT molecular complexity index is 282. The lowest BCUT2D eigenvalue weighted by atomic mass is 9.88. The first-order valence-corrected chi connectivity index (χ1v) is 4.98. The average Bonchev–Trinajstić information content (AvgIpc) is 2.14. The van der Waals surface area contributed by atoms with E-state index in [2.05, 4.69) is 38.1 Å². The maximum absolute atomic E-state index is 5.58. The van der Waals surface area contributed by atoms with Gasteiger partial charge in [-0.05, 0) is 24.5 Å². The Morgan fingerprint density at radius 3 is 2.31 bits per heavy atom. The van der Waals surface area contributed by atoms with E-state index in [-0.39, 0.29) is 5.60 Å². The van der Waals surface area contributed by atoms with Crippen LogP contribution >= 0.6 is 0 Å². The minimum Gasteiger partial charge on any atom is -0.370 e. The van der Waals surface area contributed by atoms with E-state index < -0.39 is 0 Å². The molecule has 0 aromatic heterocycles. The zero-order chi connectivity index (χ0) is 9.31. The Labute approximate surface area is 79.7 Å². The summed E-state index contributed by atoms with van der Waals surface area (Å²) in [5, 5.41) is 0. The molecule has 0 spiro atoms. The van der Waals surface area contributed by atoms with Crippen molar-refractivity contribution in [2.45, 2.75) is 32.3 Å². The van der Waals surface area contributed by atoms with Crippen molar-refractivity contribution in [3.05, 3.63) is 35.4 Å². The molecular weight excluding hydrogens is 160 g/mol. The second kappa shape index (κ2) is 3.15. The first-order valence-electron chi connectivity index (χ1n) is 4.98. The van der Waals surface area contributed by atoms with Crippen molar-refractivity contribution < 1.29 is 4.74 Å². The van der Waals surface area contributed by atoms with E-state index >= 15 is 0 Å². The number of hydrogen-bond donors (Lipinski definition) is 0. The average molecular weight is 176 g/mol. The van der Waals surface area contributed by atoms with Gasteiger partial charge in [-0.15, -0.1) is 0 Å². The second-order valence-corrected chi connectivity index (χ2v) is 3.88. The van der Waals surface area contributed by atoms with E-state index in [0.717, 1.165) is 19.4 Å². The van der Waals surface area contributed by atoms with E-state index in [4.69, 9.17) is 4.74 Å². The third kappa shape index (κ3) is 1.49. The largest absolute Gasteiger partial charge is 0.370 e. The molecule has 1 nitrogen and oxygen atoms in total. The molecule has 1 unspecified atom stereocenters. The smallest absolute Gasteiger partial charge is 0.0925 e. The van der Waals surface area contributed by atoms with Gasteiger partial charge in [0.2, 0.25) is 0 Å². The number of aryl methyl sites for hydroxylation is 1. The van der Waals surface area contributed by atoms with Gasteiger partial charge in [-0.3, -0.25) is 0 Å². The molecule has 1 aliphatic heterocycles. The highest BCUT2D eigenvalue weighted by Crippen LogP contribution is 2.36. The third-order valence-electron chi connectivity index (χ3n) is 2.97. The first kappa shape index (κ1) is 8.76. The SMILES string of the molecule is CCc1ccc(C2(C)CCO2)cc1. The minimum atomic E-state index is 0.00622. The van der Waals surface area contributed by atoms with E-state index in [1.807, 2.05) is 0 Å². The normalized spacial score (nSPS) is 26.9. The monoisotopic (exact) mass is 176 g/mol. The van der Waals surface area contributed by atoms with Gasteiger partial charge in [-0.25, -0.2) is 0 Å². The summed E-state index contributed by atoms with van der Waals surface area (Å²) in [5.74, 6) is 0. The molecule has 0 N–H and O–H groups in total. The van der Waals surface area contributed by atoms with E-state index in [0.29, 0.717) is 0 Å². The van der Waals surface area contributed by atoms with Crippen molar-refractivity contribution in [2.75, 3.05) is 6.61 Å². The van der Waals surface area contributed by atoms with Crippen LogP contribution in [-0.4, -0.2) is 6.61 Å². The van der Waals surface area contributed by atoms with Crippen LogP contribution in [0.5, 0.6) is 0 Å². The summed E-state index contributed by atoms with van der Waals surface area (Å²) in [6.07, 6.45) is 2.26. The number of hydrogen-bond acceptors (Lipinski definition) is 1. The van der Waals surface area contributed by atoms with Gasteiger partial charge in [0.25, 0.3) is 0 Å². The van der Waals surface area contributed by atoms with E-state index in [1.165, 1.54) is 11.1 Å². The van der Waals surface area contributed by atoms with Crippen molar-refractivity contribution in [2.24, 2.45) is 0 Å². The fourth-order valence-electron chi connectivity index (χ4n) is 1.73. The lowest BCUT2D eigenvalue weighted by Crippen LogP contribution is -2.37. The highest BCUT2D eigenvalue weighted by Gasteiger charge is 2.34. The summed E-state index contributed by atoms with van der Waals surface area (Å²) in [6, 6.07) is 8.78. The van der Waals surface area contributed by atoms with Gasteiger partial charge in [0.05, 0.1) is 12.2 Å². The molecule has 0 aliphatic carbocycles. The summed E-state index contributed by atoms with van der Waals surface area (Å²) in [5.41, 5.74) is 2.72. The maximum atomic E-state index is 5.58. The Balaban J connectivity index is 2.22. The molecule has 1 aliphatic rings. The molecule has 13 heavy (non-hydrogen) atoms. The fraction of sp³-hybridized carbons (Fsp3) is 0.500. The van der Waals surface area contributed by atoms with E-state index in [1.54, 1.807) is 0 Å². The quantitative estimate of drug-likeness (QED) is 0.673. The zero-order valence-corrected chi connectivity index (χ0v) is 8.34. The summed E-state index contributed by atoms with van der Waals surface area (Å²) in [6.45, 7) is 5.25. The molecule has 1 aromatic carbocycles. The van der Waals surface area contributed by atoms with Gasteiger partial charge in [0, 0.05) is 6.42 Å². The fourth-order valence-corrected chi connectivity index (χ4v) is 1.73. The van der Waals surface area contributed by atoms with E-state index in [9.17, 15) is 0 Å². The molecule has 1 fully saturated rings. The highest BCUT2D eigenvalue weighted by molar-refractivity contribution is 5.28. The summed E-state index contributed by atoms with van der Waals surface area (Å²) < 4.78 is 5.58. The van der Waals surface area contributed by atoms with Gasteiger partial charge in [-0.2, -0.15) is 0 Å². The van der Waals surface area contributed by atoms with Crippen molar-refractivity contribution in [3.8, 4) is 0 Å². The first-order chi connectivity index (χ1) is 6.24. The Hall–Kier alpha value is -0.820. The van der Waals surface area contributed by atoms with Crippen molar-refractivity contribution in [1.82, 2.24) is 0 Å². The number of ether oxygens (including phenoxy) is 1. The van der Waals surface area contributed by atoms with Gasteiger partial charge in [0.15, 0.2) is 0 Å². The molecule has 70 valence electrons. The molecule has 1 atom stereocenters. The van der Waals surface area contributed by atoms with Crippen LogP contribution in [0.4, 0.5) is 0 Å². The Kier molecular flexibility index (Phi) is 2.12. The van der Waals surface area contributed by atoms with Gasteiger partial charge in [-0.1, -0.05) is 31.2 Å². The third-order valence-corrected chi connectivity index (χ3v) is 2.97. The predicted octanol–water partition coefficient (Wildman–Crippen LogP) is 2.88. The molecule has 0 bridgehead atoms.